The molecule has 0 bridgehead atoms. The van der Waals surface area contributed by atoms with Crippen LogP contribution in [0, 0.1) is 17.0 Å². The number of nitrogens with zero attached hydrogens (tertiary/aromatic N) is 1. The monoisotopic (exact) mass is 349 g/mol. The van der Waals surface area contributed by atoms with Crippen LogP contribution in [-0.2, 0) is 16.0 Å². The molecular formula is C17H16ClNO5. The van der Waals surface area contributed by atoms with Gasteiger partial charge in [0.05, 0.1) is 23.0 Å². The summed E-state index contributed by atoms with van der Waals surface area (Å²) in [5.74, 6) is 0.551. The standard InChI is InChI=1S/C17H16ClNO5/c1-3-23-17(20)10-12-4-6-16(14(18)9-12)24-15-7-5-13(19(21)22)8-11(15)2/h4-9H,3,10H2,1-2H3. The highest BCUT2D eigenvalue weighted by Gasteiger charge is 2.12. The molecule has 0 amide bonds. The molecule has 2 rings (SSSR count). The van der Waals surface area contributed by atoms with Crippen molar-refractivity contribution in [1.82, 2.24) is 0 Å². The molecule has 0 radical (unpaired) electrons. The quantitative estimate of drug-likeness (QED) is 0.437. The smallest absolute Gasteiger partial charge is 0.310 e. The third-order valence-corrected chi connectivity index (χ3v) is 3.53. The molecule has 0 heterocycles. The lowest BCUT2D eigenvalue weighted by atomic mass is 10.1. The molecule has 0 saturated carbocycles. The van der Waals surface area contributed by atoms with Crippen molar-refractivity contribution in [2.45, 2.75) is 20.3 Å². The molecule has 0 aliphatic rings. The largest absolute Gasteiger partial charge is 0.466 e. The molecule has 6 nitrogen and oxygen atoms in total. The number of nitro groups is 1. The Morgan fingerprint density at radius 3 is 2.50 bits per heavy atom. The molecule has 7 heteroatoms. The lowest BCUT2D eigenvalue weighted by Gasteiger charge is -2.11. The normalized spacial score (nSPS) is 10.3. The second kappa shape index (κ2) is 7.79. The van der Waals surface area contributed by atoms with E-state index in [2.05, 4.69) is 0 Å². The van der Waals surface area contributed by atoms with E-state index in [-0.39, 0.29) is 18.1 Å². The van der Waals surface area contributed by atoms with Gasteiger partial charge in [0, 0.05) is 12.1 Å². The molecule has 0 atom stereocenters. The minimum absolute atomic E-state index is 0.00395. The first-order valence-corrected chi connectivity index (χ1v) is 7.65. The third kappa shape index (κ3) is 4.45. The SMILES string of the molecule is CCOC(=O)Cc1ccc(Oc2ccc([N+](=O)[O-])cc2C)c(Cl)c1. The van der Waals surface area contributed by atoms with Gasteiger partial charge in [0.25, 0.3) is 5.69 Å². The van der Waals surface area contributed by atoms with Crippen molar-refractivity contribution in [2.75, 3.05) is 6.61 Å². The van der Waals surface area contributed by atoms with Gasteiger partial charge in [-0.05, 0) is 43.2 Å². The van der Waals surface area contributed by atoms with E-state index in [1.54, 1.807) is 32.0 Å². The van der Waals surface area contributed by atoms with Gasteiger partial charge in [-0.1, -0.05) is 17.7 Å². The van der Waals surface area contributed by atoms with Crippen molar-refractivity contribution in [2.24, 2.45) is 0 Å². The number of carbonyl (C=O) groups excluding carboxylic acids is 1. The maximum absolute atomic E-state index is 11.5. The number of benzene rings is 2. The topological polar surface area (TPSA) is 78.7 Å². The Labute approximate surface area is 144 Å². The number of non-ortho nitro benzene ring substituents is 1. The van der Waals surface area contributed by atoms with Crippen LogP contribution in [0.4, 0.5) is 5.69 Å². The van der Waals surface area contributed by atoms with Crippen molar-refractivity contribution in [3.05, 3.63) is 62.7 Å². The van der Waals surface area contributed by atoms with Gasteiger partial charge in [-0.3, -0.25) is 14.9 Å². The van der Waals surface area contributed by atoms with Crippen LogP contribution in [0.3, 0.4) is 0 Å². The number of esters is 1. The van der Waals surface area contributed by atoms with Crippen LogP contribution < -0.4 is 4.74 Å². The molecule has 2 aromatic carbocycles. The van der Waals surface area contributed by atoms with Crippen LogP contribution in [0.15, 0.2) is 36.4 Å². The molecule has 0 aliphatic heterocycles. The van der Waals surface area contributed by atoms with E-state index in [9.17, 15) is 14.9 Å². The van der Waals surface area contributed by atoms with Crippen molar-refractivity contribution in [3.8, 4) is 11.5 Å². The molecule has 0 N–H and O–H groups in total. The zero-order valence-electron chi connectivity index (χ0n) is 13.2. The Bertz CT molecular complexity index is 776. The second-order valence-electron chi connectivity index (χ2n) is 5.06. The highest BCUT2D eigenvalue weighted by molar-refractivity contribution is 6.32. The zero-order chi connectivity index (χ0) is 17.7. The van der Waals surface area contributed by atoms with Crippen LogP contribution in [-0.4, -0.2) is 17.5 Å². The van der Waals surface area contributed by atoms with Crippen LogP contribution in [0.2, 0.25) is 5.02 Å². The summed E-state index contributed by atoms with van der Waals surface area (Å²) >= 11 is 6.19. The van der Waals surface area contributed by atoms with Gasteiger partial charge < -0.3 is 9.47 Å². The molecular weight excluding hydrogens is 334 g/mol. The summed E-state index contributed by atoms with van der Waals surface area (Å²) in [5.41, 5.74) is 1.33. The second-order valence-corrected chi connectivity index (χ2v) is 5.46. The lowest BCUT2D eigenvalue weighted by Crippen LogP contribution is -2.07. The van der Waals surface area contributed by atoms with Gasteiger partial charge in [-0.25, -0.2) is 0 Å². The number of carbonyl (C=O) groups is 1. The van der Waals surface area contributed by atoms with Gasteiger partial charge in [-0.15, -0.1) is 0 Å². The van der Waals surface area contributed by atoms with E-state index in [0.717, 1.165) is 0 Å². The number of hydrogen-bond donors (Lipinski definition) is 0. The Morgan fingerprint density at radius 1 is 1.21 bits per heavy atom. The van der Waals surface area contributed by atoms with E-state index < -0.39 is 4.92 Å². The van der Waals surface area contributed by atoms with Crippen LogP contribution in [0.1, 0.15) is 18.1 Å². The number of rotatable bonds is 6. The summed E-state index contributed by atoms with van der Waals surface area (Å²) in [4.78, 5) is 21.8. The van der Waals surface area contributed by atoms with Gasteiger partial charge in [0.2, 0.25) is 0 Å². The van der Waals surface area contributed by atoms with Crippen LogP contribution in [0.5, 0.6) is 11.5 Å². The Morgan fingerprint density at radius 2 is 1.92 bits per heavy atom. The van der Waals surface area contributed by atoms with E-state index in [4.69, 9.17) is 21.1 Å². The van der Waals surface area contributed by atoms with Crippen molar-refractivity contribution < 1.29 is 19.2 Å². The Hall–Kier alpha value is -2.60. The fourth-order valence-electron chi connectivity index (χ4n) is 2.10. The fourth-order valence-corrected chi connectivity index (χ4v) is 2.34. The van der Waals surface area contributed by atoms with Crippen LogP contribution >= 0.6 is 11.6 Å². The lowest BCUT2D eigenvalue weighted by molar-refractivity contribution is -0.384. The summed E-state index contributed by atoms with van der Waals surface area (Å²) in [7, 11) is 0. The molecule has 0 aromatic heterocycles. The number of aryl methyl sites for hydroxylation is 1. The third-order valence-electron chi connectivity index (χ3n) is 3.24. The number of hydrogen-bond acceptors (Lipinski definition) is 5. The highest BCUT2D eigenvalue weighted by Crippen LogP contribution is 2.33. The van der Waals surface area contributed by atoms with Crippen molar-refractivity contribution in [3.63, 3.8) is 0 Å². The average molecular weight is 350 g/mol. The minimum Gasteiger partial charge on any atom is -0.466 e. The molecule has 24 heavy (non-hydrogen) atoms. The summed E-state index contributed by atoms with van der Waals surface area (Å²) in [5, 5.41) is 11.1. The van der Waals surface area contributed by atoms with E-state index >= 15 is 0 Å². The number of halogens is 1. The molecule has 0 spiro atoms. The molecule has 126 valence electrons. The van der Waals surface area contributed by atoms with E-state index in [1.807, 2.05) is 0 Å². The molecule has 0 saturated heterocycles. The van der Waals surface area contributed by atoms with Crippen molar-refractivity contribution in [1.29, 1.82) is 0 Å². The number of ether oxygens (including phenoxy) is 2. The summed E-state index contributed by atoms with van der Waals surface area (Å²) in [6.45, 7) is 3.78. The van der Waals surface area contributed by atoms with Gasteiger partial charge in [0.1, 0.15) is 11.5 Å². The average Bonchev–Trinajstić information content (AvgIpc) is 2.51. The molecule has 0 unspecified atom stereocenters. The van der Waals surface area contributed by atoms with Crippen LogP contribution in [0.25, 0.3) is 0 Å². The first-order valence-electron chi connectivity index (χ1n) is 7.27. The van der Waals surface area contributed by atoms with E-state index in [0.29, 0.717) is 34.3 Å². The highest BCUT2D eigenvalue weighted by atomic mass is 35.5. The summed E-state index contributed by atoms with van der Waals surface area (Å²) < 4.78 is 10.6. The first-order chi connectivity index (χ1) is 11.4. The number of nitro benzene ring substituents is 1. The van der Waals surface area contributed by atoms with E-state index in [1.165, 1.54) is 18.2 Å². The molecule has 0 fully saturated rings. The predicted molar refractivity (Wildman–Crippen MR) is 89.7 cm³/mol. The Kier molecular flexibility index (Phi) is 5.76. The fraction of sp³-hybridized carbons (Fsp3) is 0.235. The maximum Gasteiger partial charge on any atom is 0.310 e. The van der Waals surface area contributed by atoms with Gasteiger partial charge in [0.15, 0.2) is 0 Å². The maximum atomic E-state index is 11.5. The zero-order valence-corrected chi connectivity index (χ0v) is 14.0. The Balaban J connectivity index is 2.16. The van der Waals surface area contributed by atoms with Gasteiger partial charge >= 0.3 is 5.97 Å². The van der Waals surface area contributed by atoms with Gasteiger partial charge in [-0.2, -0.15) is 0 Å². The molecule has 2 aromatic rings. The first kappa shape index (κ1) is 17.7. The summed E-state index contributed by atoms with van der Waals surface area (Å²) in [6, 6.07) is 9.32. The minimum atomic E-state index is -0.464. The summed E-state index contributed by atoms with van der Waals surface area (Å²) in [6.07, 6.45) is 0.129. The predicted octanol–water partition coefficient (Wildman–Crippen LogP) is 4.45. The molecule has 0 aliphatic carbocycles. The van der Waals surface area contributed by atoms with Crippen molar-refractivity contribution >= 4 is 23.3 Å².